The van der Waals surface area contributed by atoms with Gasteiger partial charge in [-0.2, -0.15) is 0 Å². The summed E-state index contributed by atoms with van der Waals surface area (Å²) in [6.45, 7) is -1.32. The van der Waals surface area contributed by atoms with Crippen molar-refractivity contribution in [2.24, 2.45) is 5.73 Å². The van der Waals surface area contributed by atoms with Gasteiger partial charge in [0.1, 0.15) is 18.5 Å². The molecule has 0 amide bonds. The summed E-state index contributed by atoms with van der Waals surface area (Å²) in [6.07, 6.45) is 1.38. The molecule has 1 rings (SSSR count). The molecule has 1 heterocycles. The fourth-order valence-electron chi connectivity index (χ4n) is 1.02. The number of nitrogens with two attached hydrogens (primary N) is 2. The van der Waals surface area contributed by atoms with Crippen molar-refractivity contribution in [1.82, 2.24) is 4.98 Å². The van der Waals surface area contributed by atoms with Gasteiger partial charge in [0, 0.05) is 11.8 Å². The Bertz CT molecular complexity index is 319. The largest absolute Gasteiger partial charge is 0.390 e. The van der Waals surface area contributed by atoms with Crippen LogP contribution in [0.5, 0.6) is 0 Å². The van der Waals surface area contributed by atoms with E-state index in [1.165, 1.54) is 18.3 Å². The third-order valence-corrected chi connectivity index (χ3v) is 1.87. The van der Waals surface area contributed by atoms with Crippen molar-refractivity contribution in [3.05, 3.63) is 23.9 Å². The number of hydrogen-bond donors (Lipinski definition) is 3. The Morgan fingerprint density at radius 1 is 1.57 bits per heavy atom. The van der Waals surface area contributed by atoms with Gasteiger partial charge in [0.2, 0.25) is 0 Å². The molecule has 0 aromatic carbocycles. The molecule has 4 nitrogen and oxygen atoms in total. The van der Waals surface area contributed by atoms with Gasteiger partial charge in [0.25, 0.3) is 5.92 Å². The van der Waals surface area contributed by atoms with Gasteiger partial charge < -0.3 is 16.6 Å². The van der Waals surface area contributed by atoms with E-state index < -0.39 is 18.6 Å². The van der Waals surface area contributed by atoms with Gasteiger partial charge in [0.05, 0.1) is 0 Å². The SMILES string of the molecule is Nc1ncccc1[C@H](N)C(F)(F)CO. The summed E-state index contributed by atoms with van der Waals surface area (Å²) in [6, 6.07) is 1.18. The molecule has 78 valence electrons. The molecular weight excluding hydrogens is 192 g/mol. The van der Waals surface area contributed by atoms with Crippen LogP contribution >= 0.6 is 0 Å². The van der Waals surface area contributed by atoms with Crippen LogP contribution in [-0.2, 0) is 0 Å². The Morgan fingerprint density at radius 2 is 2.21 bits per heavy atom. The molecule has 0 saturated carbocycles. The van der Waals surface area contributed by atoms with E-state index in [0.717, 1.165) is 0 Å². The highest BCUT2D eigenvalue weighted by atomic mass is 19.3. The lowest BCUT2D eigenvalue weighted by Crippen LogP contribution is -2.36. The zero-order chi connectivity index (χ0) is 10.8. The minimum absolute atomic E-state index is 0.0338. The van der Waals surface area contributed by atoms with Crippen LogP contribution in [0.1, 0.15) is 11.6 Å². The van der Waals surface area contributed by atoms with Crippen molar-refractivity contribution >= 4 is 5.82 Å². The lowest BCUT2D eigenvalue weighted by atomic mass is 10.0. The van der Waals surface area contributed by atoms with E-state index in [9.17, 15) is 8.78 Å². The Labute approximate surface area is 79.6 Å². The van der Waals surface area contributed by atoms with Gasteiger partial charge in [0.15, 0.2) is 0 Å². The Balaban J connectivity index is 3.00. The van der Waals surface area contributed by atoms with Crippen molar-refractivity contribution in [3.63, 3.8) is 0 Å². The highest BCUT2D eigenvalue weighted by molar-refractivity contribution is 5.41. The van der Waals surface area contributed by atoms with Crippen LogP contribution in [0, 0.1) is 0 Å². The van der Waals surface area contributed by atoms with Crippen LogP contribution in [0.15, 0.2) is 18.3 Å². The Morgan fingerprint density at radius 3 is 2.71 bits per heavy atom. The normalized spacial score (nSPS) is 14.0. The van der Waals surface area contributed by atoms with Crippen LogP contribution in [0.2, 0.25) is 0 Å². The number of halogens is 2. The predicted octanol–water partition coefficient (Wildman–Crippen LogP) is 0.291. The molecule has 1 atom stereocenters. The van der Waals surface area contributed by atoms with Crippen LogP contribution in [0.3, 0.4) is 0 Å². The second kappa shape index (κ2) is 3.85. The number of hydrogen-bond acceptors (Lipinski definition) is 4. The molecule has 0 unspecified atom stereocenters. The average Bonchev–Trinajstić information content (AvgIpc) is 2.17. The molecule has 5 N–H and O–H groups in total. The summed E-state index contributed by atoms with van der Waals surface area (Å²) in [5.41, 5.74) is 10.7. The lowest BCUT2D eigenvalue weighted by Gasteiger charge is -2.22. The fraction of sp³-hybridized carbons (Fsp3) is 0.375. The summed E-state index contributed by atoms with van der Waals surface area (Å²) in [7, 11) is 0. The number of aliphatic hydroxyl groups excluding tert-OH is 1. The van der Waals surface area contributed by atoms with E-state index >= 15 is 0 Å². The number of nitrogens with zero attached hydrogens (tertiary/aromatic N) is 1. The smallest absolute Gasteiger partial charge is 0.289 e. The first-order valence-electron chi connectivity index (χ1n) is 3.93. The summed E-state index contributed by atoms with van der Waals surface area (Å²) in [5.74, 6) is -3.44. The van der Waals surface area contributed by atoms with Gasteiger partial charge in [-0.1, -0.05) is 6.07 Å². The second-order valence-corrected chi connectivity index (χ2v) is 2.87. The minimum atomic E-state index is -3.39. The first-order valence-corrected chi connectivity index (χ1v) is 3.93. The molecule has 0 radical (unpaired) electrons. The van der Waals surface area contributed by atoms with E-state index in [1.54, 1.807) is 0 Å². The molecule has 14 heavy (non-hydrogen) atoms. The first-order chi connectivity index (χ1) is 6.49. The van der Waals surface area contributed by atoms with Gasteiger partial charge >= 0.3 is 0 Å². The number of aliphatic hydroxyl groups is 1. The van der Waals surface area contributed by atoms with Gasteiger partial charge in [-0.05, 0) is 6.07 Å². The van der Waals surface area contributed by atoms with Crippen molar-refractivity contribution in [3.8, 4) is 0 Å². The molecule has 0 fully saturated rings. The van der Waals surface area contributed by atoms with E-state index in [-0.39, 0.29) is 11.4 Å². The number of aromatic nitrogens is 1. The van der Waals surface area contributed by atoms with E-state index in [1.807, 2.05) is 0 Å². The monoisotopic (exact) mass is 203 g/mol. The van der Waals surface area contributed by atoms with Crippen LogP contribution < -0.4 is 11.5 Å². The first kappa shape index (κ1) is 10.8. The molecular formula is C8H11F2N3O. The van der Waals surface area contributed by atoms with E-state index in [0.29, 0.717) is 0 Å². The lowest BCUT2D eigenvalue weighted by molar-refractivity contribution is -0.0710. The maximum atomic E-state index is 13.0. The third kappa shape index (κ3) is 1.97. The number of anilines is 1. The molecule has 0 aliphatic heterocycles. The molecule has 6 heteroatoms. The molecule has 0 aliphatic rings. The number of rotatable bonds is 3. The summed E-state index contributed by atoms with van der Waals surface area (Å²) < 4.78 is 25.9. The van der Waals surface area contributed by atoms with Crippen LogP contribution in [0.4, 0.5) is 14.6 Å². The van der Waals surface area contributed by atoms with Crippen LogP contribution in [0.25, 0.3) is 0 Å². The predicted molar refractivity (Wildman–Crippen MR) is 47.6 cm³/mol. The van der Waals surface area contributed by atoms with E-state index in [4.69, 9.17) is 16.6 Å². The quantitative estimate of drug-likeness (QED) is 0.659. The zero-order valence-electron chi connectivity index (χ0n) is 7.32. The van der Waals surface area contributed by atoms with Gasteiger partial charge in [-0.3, -0.25) is 0 Å². The molecule has 0 aliphatic carbocycles. The zero-order valence-corrected chi connectivity index (χ0v) is 7.32. The molecule has 1 aromatic heterocycles. The topological polar surface area (TPSA) is 85.2 Å². The van der Waals surface area contributed by atoms with Crippen molar-refractivity contribution in [2.75, 3.05) is 12.3 Å². The molecule has 0 saturated heterocycles. The average molecular weight is 203 g/mol. The highest BCUT2D eigenvalue weighted by Gasteiger charge is 2.38. The third-order valence-electron chi connectivity index (χ3n) is 1.87. The summed E-state index contributed by atoms with van der Waals surface area (Å²) >= 11 is 0. The van der Waals surface area contributed by atoms with Crippen molar-refractivity contribution in [1.29, 1.82) is 0 Å². The maximum absolute atomic E-state index is 13.0. The Kier molecular flexibility index (Phi) is 2.97. The molecule has 0 spiro atoms. The van der Waals surface area contributed by atoms with Crippen molar-refractivity contribution < 1.29 is 13.9 Å². The number of nitrogen functional groups attached to an aromatic ring is 1. The van der Waals surface area contributed by atoms with Gasteiger partial charge in [-0.15, -0.1) is 0 Å². The minimum Gasteiger partial charge on any atom is -0.390 e. The van der Waals surface area contributed by atoms with Crippen molar-refractivity contribution in [2.45, 2.75) is 12.0 Å². The second-order valence-electron chi connectivity index (χ2n) is 2.87. The van der Waals surface area contributed by atoms with Crippen LogP contribution in [-0.4, -0.2) is 22.6 Å². The number of pyridine rings is 1. The van der Waals surface area contributed by atoms with Gasteiger partial charge in [-0.25, -0.2) is 13.8 Å². The maximum Gasteiger partial charge on any atom is 0.289 e. The highest BCUT2D eigenvalue weighted by Crippen LogP contribution is 2.30. The summed E-state index contributed by atoms with van der Waals surface area (Å²) in [4.78, 5) is 3.63. The van der Waals surface area contributed by atoms with E-state index in [2.05, 4.69) is 4.98 Å². The molecule has 0 bridgehead atoms. The number of alkyl halides is 2. The Hall–Kier alpha value is -1.27. The standard InChI is InChI=1S/C8H11F2N3O/c9-8(10,4-14)6(11)5-2-1-3-13-7(5)12/h1-3,6,14H,4,11H2,(H2,12,13)/t6-/m0/s1. The molecule has 1 aromatic rings. The fourth-order valence-corrected chi connectivity index (χ4v) is 1.02. The summed E-state index contributed by atoms with van der Waals surface area (Å²) in [5, 5.41) is 8.43.